The van der Waals surface area contributed by atoms with Crippen LogP contribution in [0.5, 0.6) is 0 Å². The maximum Gasteiger partial charge on any atom is 0.422 e. The summed E-state index contributed by atoms with van der Waals surface area (Å²) in [5.74, 6) is 0. The lowest BCUT2D eigenvalue weighted by Gasteiger charge is -2.01. The van der Waals surface area contributed by atoms with Crippen LogP contribution in [0.15, 0.2) is 12.1 Å². The molecule has 9 heteroatoms. The van der Waals surface area contributed by atoms with Crippen LogP contribution in [-0.2, 0) is 6.42 Å². The molecule has 0 aliphatic heterocycles. The summed E-state index contributed by atoms with van der Waals surface area (Å²) < 4.78 is 0. The fraction of sp³-hybridized carbons (Fsp3) is 0.250. The molecule has 0 unspecified atom stereocenters. The molecule has 0 radical (unpaired) electrons. The van der Waals surface area contributed by atoms with Crippen molar-refractivity contribution in [2.75, 3.05) is 0 Å². The minimum atomic E-state index is -1.10. The second kappa shape index (κ2) is 4.51. The van der Waals surface area contributed by atoms with Crippen molar-refractivity contribution in [1.82, 2.24) is 0 Å². The van der Waals surface area contributed by atoms with Crippen LogP contribution >= 0.6 is 0 Å². The largest absolute Gasteiger partial charge is 0.422 e. The summed E-state index contributed by atoms with van der Waals surface area (Å²) in [6, 6.07) is 2.06. The molecule has 9 nitrogen and oxygen atoms in total. The fourth-order valence-corrected chi connectivity index (χ4v) is 1.43. The van der Waals surface area contributed by atoms with Crippen LogP contribution in [0.1, 0.15) is 12.5 Å². The highest BCUT2D eigenvalue weighted by Crippen LogP contribution is 2.38. The van der Waals surface area contributed by atoms with E-state index >= 15 is 0 Å². The number of nitro benzene ring substituents is 3. The summed E-state index contributed by atoms with van der Waals surface area (Å²) in [7, 11) is 0. The fourth-order valence-electron chi connectivity index (χ4n) is 1.43. The second-order valence-electron chi connectivity index (χ2n) is 3.07. The maximum absolute atomic E-state index is 10.8. The van der Waals surface area contributed by atoms with Crippen LogP contribution in [-0.4, -0.2) is 14.8 Å². The van der Waals surface area contributed by atoms with Gasteiger partial charge < -0.3 is 0 Å². The Morgan fingerprint density at radius 1 is 0.941 bits per heavy atom. The molecule has 0 fully saturated rings. The maximum atomic E-state index is 10.8. The molecule has 0 N–H and O–H groups in total. The van der Waals surface area contributed by atoms with Crippen LogP contribution in [0.3, 0.4) is 0 Å². The third-order valence-corrected chi connectivity index (χ3v) is 2.16. The van der Waals surface area contributed by atoms with E-state index in [0.717, 1.165) is 12.1 Å². The van der Waals surface area contributed by atoms with E-state index in [9.17, 15) is 30.3 Å². The highest BCUT2D eigenvalue weighted by Gasteiger charge is 2.37. The topological polar surface area (TPSA) is 129 Å². The molecule has 0 heterocycles. The normalized spacial score (nSPS) is 9.94. The minimum Gasteiger partial charge on any atom is -0.258 e. The molecule has 0 bridgehead atoms. The standard InChI is InChI=1S/C8H7N3O6/c1-2-5-3-4-6(9(12)13)8(11(16)17)7(5)10(14)15/h3-4H,2H2,1H3. The Balaban J connectivity index is 3.71. The second-order valence-corrected chi connectivity index (χ2v) is 3.07. The van der Waals surface area contributed by atoms with Crippen molar-refractivity contribution in [3.63, 3.8) is 0 Å². The van der Waals surface area contributed by atoms with Gasteiger partial charge in [-0.1, -0.05) is 6.92 Å². The highest BCUT2D eigenvalue weighted by atomic mass is 16.6. The van der Waals surface area contributed by atoms with Gasteiger partial charge >= 0.3 is 17.1 Å². The number of nitrogens with zero attached hydrogens (tertiary/aromatic N) is 3. The van der Waals surface area contributed by atoms with Crippen molar-refractivity contribution in [2.45, 2.75) is 13.3 Å². The number of aryl methyl sites for hydroxylation is 1. The molecule has 0 aliphatic carbocycles. The predicted molar refractivity (Wildman–Crippen MR) is 55.8 cm³/mol. The number of hydrogen-bond donors (Lipinski definition) is 0. The SMILES string of the molecule is CCc1ccc([N+](=O)[O-])c([N+](=O)[O-])c1[N+](=O)[O-]. The summed E-state index contributed by atoms with van der Waals surface area (Å²) in [6.45, 7) is 1.57. The summed E-state index contributed by atoms with van der Waals surface area (Å²) in [5, 5.41) is 32.1. The monoisotopic (exact) mass is 241 g/mol. The molecule has 0 amide bonds. The van der Waals surface area contributed by atoms with Crippen molar-refractivity contribution in [2.24, 2.45) is 0 Å². The molecule has 17 heavy (non-hydrogen) atoms. The zero-order valence-electron chi connectivity index (χ0n) is 8.65. The molecule has 0 saturated carbocycles. The van der Waals surface area contributed by atoms with Crippen LogP contribution in [0.2, 0.25) is 0 Å². The molecule has 90 valence electrons. The Kier molecular flexibility index (Phi) is 3.31. The van der Waals surface area contributed by atoms with Crippen LogP contribution in [0, 0.1) is 30.3 Å². The van der Waals surface area contributed by atoms with Gasteiger partial charge in [0.2, 0.25) is 0 Å². The van der Waals surface area contributed by atoms with Gasteiger partial charge in [-0.2, -0.15) is 0 Å². The predicted octanol–water partition coefficient (Wildman–Crippen LogP) is 1.97. The van der Waals surface area contributed by atoms with Gasteiger partial charge in [-0.3, -0.25) is 30.3 Å². The molecule has 0 atom stereocenters. The molecule has 0 aromatic heterocycles. The zero-order valence-corrected chi connectivity index (χ0v) is 8.65. The van der Waals surface area contributed by atoms with Gasteiger partial charge in [0.15, 0.2) is 0 Å². The quantitative estimate of drug-likeness (QED) is 0.585. The summed E-state index contributed by atoms with van der Waals surface area (Å²) in [5.41, 5.74) is -2.67. The van der Waals surface area contributed by atoms with Crippen molar-refractivity contribution in [3.8, 4) is 0 Å². The first kappa shape index (κ1) is 12.5. The lowest BCUT2D eigenvalue weighted by Crippen LogP contribution is -2.04. The first-order valence-corrected chi connectivity index (χ1v) is 4.49. The van der Waals surface area contributed by atoms with E-state index in [-0.39, 0.29) is 12.0 Å². The van der Waals surface area contributed by atoms with Crippen molar-refractivity contribution < 1.29 is 14.8 Å². The van der Waals surface area contributed by atoms with Crippen LogP contribution in [0.4, 0.5) is 17.1 Å². The lowest BCUT2D eigenvalue weighted by molar-refractivity contribution is -0.441. The van der Waals surface area contributed by atoms with E-state index < -0.39 is 31.8 Å². The smallest absolute Gasteiger partial charge is 0.258 e. The van der Waals surface area contributed by atoms with Crippen molar-refractivity contribution >= 4 is 17.1 Å². The average molecular weight is 241 g/mol. The Morgan fingerprint density at radius 3 is 1.82 bits per heavy atom. The van der Waals surface area contributed by atoms with Gasteiger partial charge in [-0.25, -0.2) is 0 Å². The van der Waals surface area contributed by atoms with E-state index in [1.807, 2.05) is 0 Å². The van der Waals surface area contributed by atoms with E-state index in [2.05, 4.69) is 0 Å². The number of hydrogen-bond acceptors (Lipinski definition) is 6. The first-order valence-electron chi connectivity index (χ1n) is 4.49. The van der Waals surface area contributed by atoms with Gasteiger partial charge in [-0.15, -0.1) is 0 Å². The van der Waals surface area contributed by atoms with E-state index in [1.54, 1.807) is 6.92 Å². The summed E-state index contributed by atoms with van der Waals surface area (Å²) in [6.07, 6.45) is 0.176. The minimum absolute atomic E-state index is 0.0901. The Labute approximate surface area is 94.1 Å². The van der Waals surface area contributed by atoms with Gasteiger partial charge in [0.05, 0.1) is 14.8 Å². The third kappa shape index (κ3) is 2.17. The van der Waals surface area contributed by atoms with E-state index in [1.165, 1.54) is 0 Å². The van der Waals surface area contributed by atoms with Gasteiger partial charge in [0.1, 0.15) is 0 Å². The first-order chi connectivity index (χ1) is 7.90. The van der Waals surface area contributed by atoms with Gasteiger partial charge in [0, 0.05) is 11.6 Å². The van der Waals surface area contributed by atoms with Gasteiger partial charge in [-0.05, 0) is 12.5 Å². The average Bonchev–Trinajstić information content (AvgIpc) is 2.26. The van der Waals surface area contributed by atoms with Crippen molar-refractivity contribution in [3.05, 3.63) is 48.0 Å². The molecule has 1 rings (SSSR count). The Bertz CT molecular complexity index is 512. The lowest BCUT2D eigenvalue weighted by atomic mass is 10.1. The number of nitro groups is 3. The molecular formula is C8H7N3O6. The Morgan fingerprint density at radius 2 is 1.47 bits per heavy atom. The Hall–Kier alpha value is -2.58. The van der Waals surface area contributed by atoms with E-state index in [4.69, 9.17) is 0 Å². The van der Waals surface area contributed by atoms with Crippen LogP contribution in [0.25, 0.3) is 0 Å². The van der Waals surface area contributed by atoms with E-state index in [0.29, 0.717) is 0 Å². The number of benzene rings is 1. The van der Waals surface area contributed by atoms with Crippen LogP contribution < -0.4 is 0 Å². The van der Waals surface area contributed by atoms with Crippen molar-refractivity contribution in [1.29, 1.82) is 0 Å². The molecule has 0 saturated heterocycles. The molecule has 1 aromatic carbocycles. The molecule has 0 aliphatic rings. The third-order valence-electron chi connectivity index (χ3n) is 2.16. The zero-order chi connectivity index (χ0) is 13.2. The summed E-state index contributed by atoms with van der Waals surface area (Å²) in [4.78, 5) is 29.0. The highest BCUT2D eigenvalue weighted by molar-refractivity contribution is 5.69. The summed E-state index contributed by atoms with van der Waals surface area (Å²) >= 11 is 0. The van der Waals surface area contributed by atoms with Gasteiger partial charge in [0.25, 0.3) is 0 Å². The molecule has 1 aromatic rings. The number of rotatable bonds is 4. The molecular weight excluding hydrogens is 234 g/mol. The molecule has 0 spiro atoms.